The third kappa shape index (κ3) is 2.16. The summed E-state index contributed by atoms with van der Waals surface area (Å²) in [5.74, 6) is 0. The predicted octanol–water partition coefficient (Wildman–Crippen LogP) is 2.16. The maximum atomic E-state index is 9.24. The summed E-state index contributed by atoms with van der Waals surface area (Å²) < 4.78 is 0. The quantitative estimate of drug-likeness (QED) is 0.817. The van der Waals surface area contributed by atoms with Crippen LogP contribution in [0.3, 0.4) is 0 Å². The molecular weight excluding hydrogens is 188 g/mol. The van der Waals surface area contributed by atoms with Gasteiger partial charge < -0.3 is 5.11 Å². The van der Waals surface area contributed by atoms with Gasteiger partial charge in [-0.2, -0.15) is 5.26 Å². The summed E-state index contributed by atoms with van der Waals surface area (Å²) in [6.45, 7) is 3.89. The van der Waals surface area contributed by atoms with Gasteiger partial charge >= 0.3 is 0 Å². The average Bonchev–Trinajstić information content (AvgIpc) is 2.32. The molecule has 1 aromatic heterocycles. The van der Waals surface area contributed by atoms with Crippen molar-refractivity contribution in [2.45, 2.75) is 38.7 Å². The molecule has 0 amide bonds. The van der Waals surface area contributed by atoms with E-state index < -0.39 is 5.41 Å². The number of aromatic nitrogens is 1. The summed E-state index contributed by atoms with van der Waals surface area (Å²) in [5, 5.41) is 18.2. The number of aliphatic hydroxyl groups is 1. The van der Waals surface area contributed by atoms with E-state index in [0.717, 1.165) is 18.5 Å². The molecule has 0 saturated heterocycles. The fraction of sp³-hybridized carbons (Fsp3) is 0.500. The van der Waals surface area contributed by atoms with Crippen LogP contribution in [-0.2, 0) is 12.0 Å². The summed E-state index contributed by atoms with van der Waals surface area (Å²) in [4.78, 5) is 4.30. The first-order valence-electron chi connectivity index (χ1n) is 5.21. The molecule has 3 heteroatoms. The monoisotopic (exact) mass is 204 g/mol. The van der Waals surface area contributed by atoms with Crippen LogP contribution in [0.1, 0.15) is 38.1 Å². The molecule has 1 N–H and O–H groups in total. The molecular formula is C12H16N2O. The third-order valence-electron chi connectivity index (χ3n) is 2.88. The highest BCUT2D eigenvalue weighted by Crippen LogP contribution is 2.29. The second kappa shape index (κ2) is 4.90. The second-order valence-corrected chi connectivity index (χ2v) is 3.57. The van der Waals surface area contributed by atoms with Crippen molar-refractivity contribution in [1.82, 2.24) is 4.98 Å². The van der Waals surface area contributed by atoms with Crippen molar-refractivity contribution in [2.24, 2.45) is 0 Å². The fourth-order valence-corrected chi connectivity index (χ4v) is 1.66. The van der Waals surface area contributed by atoms with E-state index in [1.807, 2.05) is 26.0 Å². The van der Waals surface area contributed by atoms with Gasteiger partial charge in [-0.3, -0.25) is 4.98 Å². The zero-order valence-corrected chi connectivity index (χ0v) is 9.20. The van der Waals surface area contributed by atoms with Gasteiger partial charge in [-0.1, -0.05) is 19.9 Å². The molecule has 0 aliphatic rings. The smallest absolute Gasteiger partial charge is 0.0987 e. The minimum atomic E-state index is -0.509. The molecule has 15 heavy (non-hydrogen) atoms. The Morgan fingerprint density at radius 1 is 1.40 bits per heavy atom. The highest BCUT2D eigenvalue weighted by Gasteiger charge is 2.29. The number of pyridine rings is 1. The van der Waals surface area contributed by atoms with Crippen molar-refractivity contribution < 1.29 is 5.11 Å². The molecule has 80 valence electrons. The topological polar surface area (TPSA) is 56.9 Å². The number of rotatable bonds is 4. The molecule has 3 nitrogen and oxygen atoms in total. The van der Waals surface area contributed by atoms with Gasteiger partial charge in [0.2, 0.25) is 0 Å². The minimum Gasteiger partial charge on any atom is -0.390 e. The fourth-order valence-electron chi connectivity index (χ4n) is 1.66. The molecule has 0 radical (unpaired) electrons. The van der Waals surface area contributed by atoms with Gasteiger partial charge in [0.15, 0.2) is 0 Å². The zero-order valence-electron chi connectivity index (χ0n) is 9.20. The van der Waals surface area contributed by atoms with Crippen LogP contribution in [0.2, 0.25) is 0 Å². The van der Waals surface area contributed by atoms with E-state index in [-0.39, 0.29) is 6.61 Å². The Morgan fingerprint density at radius 3 is 2.53 bits per heavy atom. The largest absolute Gasteiger partial charge is 0.390 e. The molecule has 0 unspecified atom stereocenters. The van der Waals surface area contributed by atoms with E-state index in [2.05, 4.69) is 11.1 Å². The Morgan fingerprint density at radius 2 is 2.07 bits per heavy atom. The van der Waals surface area contributed by atoms with Crippen LogP contribution in [0, 0.1) is 11.3 Å². The number of nitriles is 1. The van der Waals surface area contributed by atoms with E-state index in [0.29, 0.717) is 5.69 Å². The lowest BCUT2D eigenvalue weighted by Crippen LogP contribution is -2.23. The molecule has 0 bridgehead atoms. The Balaban J connectivity index is 3.18. The lowest BCUT2D eigenvalue weighted by Gasteiger charge is -2.22. The zero-order chi connectivity index (χ0) is 11.3. The van der Waals surface area contributed by atoms with Crippen molar-refractivity contribution in [3.63, 3.8) is 0 Å². The molecule has 0 aliphatic carbocycles. The van der Waals surface area contributed by atoms with Crippen molar-refractivity contribution in [3.8, 4) is 6.07 Å². The van der Waals surface area contributed by atoms with Crippen LogP contribution < -0.4 is 0 Å². The molecule has 0 saturated carbocycles. The number of aliphatic hydroxyl groups excluding tert-OH is 1. The second-order valence-electron chi connectivity index (χ2n) is 3.57. The van der Waals surface area contributed by atoms with Crippen molar-refractivity contribution in [3.05, 3.63) is 29.6 Å². The first kappa shape index (κ1) is 11.7. The lowest BCUT2D eigenvalue weighted by molar-refractivity contribution is 0.276. The molecule has 1 aromatic rings. The van der Waals surface area contributed by atoms with E-state index >= 15 is 0 Å². The summed E-state index contributed by atoms with van der Waals surface area (Å²) >= 11 is 0. The highest BCUT2D eigenvalue weighted by atomic mass is 16.3. The van der Waals surface area contributed by atoms with Gasteiger partial charge in [0.25, 0.3) is 0 Å². The molecule has 0 spiro atoms. The Labute approximate surface area is 90.4 Å². The normalized spacial score (nSPS) is 11.1. The van der Waals surface area contributed by atoms with Gasteiger partial charge in [-0.15, -0.1) is 0 Å². The average molecular weight is 204 g/mol. The molecule has 1 heterocycles. The maximum absolute atomic E-state index is 9.24. The summed E-state index contributed by atoms with van der Waals surface area (Å²) in [5.41, 5.74) is 0.876. The Kier molecular flexibility index (Phi) is 3.81. The summed E-state index contributed by atoms with van der Waals surface area (Å²) in [7, 11) is 0. The van der Waals surface area contributed by atoms with Crippen molar-refractivity contribution >= 4 is 0 Å². The first-order valence-corrected chi connectivity index (χ1v) is 5.21. The van der Waals surface area contributed by atoms with E-state index in [1.54, 1.807) is 6.07 Å². The minimum absolute atomic E-state index is 0.0806. The Bertz CT molecular complexity index is 364. The van der Waals surface area contributed by atoms with Crippen LogP contribution in [0.15, 0.2) is 18.2 Å². The SMILES string of the molecule is CCC(C#N)(CC)c1cccc(CO)n1. The van der Waals surface area contributed by atoms with Gasteiger partial charge in [-0.05, 0) is 25.0 Å². The van der Waals surface area contributed by atoms with Gasteiger partial charge in [0.1, 0.15) is 0 Å². The van der Waals surface area contributed by atoms with E-state index in [9.17, 15) is 5.26 Å². The highest BCUT2D eigenvalue weighted by molar-refractivity contribution is 5.27. The summed E-state index contributed by atoms with van der Waals surface area (Å²) in [6.07, 6.45) is 1.48. The first-order chi connectivity index (χ1) is 7.22. The van der Waals surface area contributed by atoms with Crippen LogP contribution in [0.4, 0.5) is 0 Å². The van der Waals surface area contributed by atoms with E-state index in [1.165, 1.54) is 0 Å². The Hall–Kier alpha value is -1.40. The predicted molar refractivity (Wildman–Crippen MR) is 58.0 cm³/mol. The third-order valence-corrected chi connectivity index (χ3v) is 2.88. The molecule has 1 rings (SSSR count). The van der Waals surface area contributed by atoms with E-state index in [4.69, 9.17) is 5.11 Å². The van der Waals surface area contributed by atoms with Crippen LogP contribution >= 0.6 is 0 Å². The maximum Gasteiger partial charge on any atom is 0.0987 e. The van der Waals surface area contributed by atoms with Crippen LogP contribution in [0.5, 0.6) is 0 Å². The molecule has 0 aliphatic heterocycles. The van der Waals surface area contributed by atoms with Gasteiger partial charge in [0, 0.05) is 0 Å². The van der Waals surface area contributed by atoms with Gasteiger partial charge in [-0.25, -0.2) is 0 Å². The number of hydrogen-bond acceptors (Lipinski definition) is 3. The lowest BCUT2D eigenvalue weighted by atomic mass is 9.80. The standard InChI is InChI=1S/C12H16N2O/c1-3-12(4-2,9-13)11-7-5-6-10(8-15)14-11/h5-7,15H,3-4,8H2,1-2H3. The van der Waals surface area contributed by atoms with Crippen molar-refractivity contribution in [2.75, 3.05) is 0 Å². The van der Waals surface area contributed by atoms with Crippen molar-refractivity contribution in [1.29, 1.82) is 5.26 Å². The van der Waals surface area contributed by atoms with Crippen LogP contribution in [0.25, 0.3) is 0 Å². The number of hydrogen-bond donors (Lipinski definition) is 1. The van der Waals surface area contributed by atoms with Gasteiger partial charge in [0.05, 0.1) is 29.5 Å². The van der Waals surface area contributed by atoms with Crippen LogP contribution in [-0.4, -0.2) is 10.1 Å². The summed E-state index contributed by atoms with van der Waals surface area (Å²) in [6, 6.07) is 7.79. The molecule has 0 atom stereocenters. The molecule has 0 fully saturated rings. The number of nitrogens with zero attached hydrogens (tertiary/aromatic N) is 2. The molecule has 0 aromatic carbocycles.